The van der Waals surface area contributed by atoms with E-state index in [9.17, 15) is 14.7 Å². The molecule has 1 aromatic heterocycles. The highest BCUT2D eigenvalue weighted by atomic mass is 16.4. The zero-order valence-corrected chi connectivity index (χ0v) is 9.41. The number of carboxylic acids is 1. The molecule has 1 heterocycles. The Hall–Kier alpha value is -2.37. The second kappa shape index (κ2) is 4.87. The average molecular weight is 248 g/mol. The number of aromatic hydroxyl groups is 1. The molecular formula is C12H12N2O4. The fourth-order valence-electron chi connectivity index (χ4n) is 1.80. The predicted molar refractivity (Wildman–Crippen MR) is 62.0 cm³/mol. The summed E-state index contributed by atoms with van der Waals surface area (Å²) in [6.45, 7) is 0. The highest BCUT2D eigenvalue weighted by Gasteiger charge is 2.26. The third-order valence-electron chi connectivity index (χ3n) is 2.72. The molecule has 1 aliphatic rings. The van der Waals surface area contributed by atoms with Crippen LogP contribution in [0.15, 0.2) is 30.5 Å². The summed E-state index contributed by atoms with van der Waals surface area (Å²) in [6.07, 6.45) is 4.90. The molecule has 2 atom stereocenters. The van der Waals surface area contributed by atoms with E-state index in [2.05, 4.69) is 10.3 Å². The van der Waals surface area contributed by atoms with Gasteiger partial charge in [-0.15, -0.1) is 0 Å². The first-order valence-corrected chi connectivity index (χ1v) is 5.44. The maximum Gasteiger partial charge on any atom is 0.310 e. The standard InChI is InChI=1S/C12H12N2O4/c15-9-2-1-5-13-10(9)11(16)14-8-4-3-7(6-8)12(17)18/h1-5,7-8,15H,6H2,(H,14,16)(H,17,18). The van der Waals surface area contributed by atoms with Gasteiger partial charge in [0.15, 0.2) is 5.69 Å². The maximum absolute atomic E-state index is 11.8. The average Bonchev–Trinajstić information content (AvgIpc) is 2.78. The highest BCUT2D eigenvalue weighted by Crippen LogP contribution is 2.19. The number of carbonyl (C=O) groups excluding carboxylic acids is 1. The number of hydrogen-bond donors (Lipinski definition) is 3. The number of hydrogen-bond acceptors (Lipinski definition) is 4. The normalized spacial score (nSPS) is 21.8. The molecule has 2 rings (SSSR count). The lowest BCUT2D eigenvalue weighted by Gasteiger charge is -2.12. The van der Waals surface area contributed by atoms with Crippen molar-refractivity contribution in [2.75, 3.05) is 0 Å². The second-order valence-corrected chi connectivity index (χ2v) is 4.02. The molecule has 0 saturated carbocycles. The molecule has 6 nitrogen and oxygen atoms in total. The molecule has 1 aromatic rings. The van der Waals surface area contributed by atoms with Crippen molar-refractivity contribution >= 4 is 11.9 Å². The van der Waals surface area contributed by atoms with E-state index >= 15 is 0 Å². The van der Waals surface area contributed by atoms with Crippen LogP contribution in [-0.2, 0) is 4.79 Å². The summed E-state index contributed by atoms with van der Waals surface area (Å²) in [7, 11) is 0. The minimum atomic E-state index is -0.913. The van der Waals surface area contributed by atoms with Crippen LogP contribution in [0.1, 0.15) is 16.9 Å². The summed E-state index contributed by atoms with van der Waals surface area (Å²) in [4.78, 5) is 26.3. The first-order chi connectivity index (χ1) is 8.58. The second-order valence-electron chi connectivity index (χ2n) is 4.02. The zero-order valence-electron chi connectivity index (χ0n) is 9.41. The van der Waals surface area contributed by atoms with Gasteiger partial charge < -0.3 is 15.5 Å². The number of carboxylic acid groups (broad SMARTS) is 1. The molecule has 0 fully saturated rings. The maximum atomic E-state index is 11.8. The molecule has 18 heavy (non-hydrogen) atoms. The summed E-state index contributed by atoms with van der Waals surface area (Å²) in [5.74, 6) is -2.21. The minimum absolute atomic E-state index is 0.0651. The first kappa shape index (κ1) is 12.1. The topological polar surface area (TPSA) is 99.5 Å². The largest absolute Gasteiger partial charge is 0.505 e. The molecule has 0 spiro atoms. The Bertz CT molecular complexity index is 513. The van der Waals surface area contributed by atoms with Crippen LogP contribution in [0.25, 0.3) is 0 Å². The summed E-state index contributed by atoms with van der Waals surface area (Å²) >= 11 is 0. The number of nitrogens with zero attached hydrogens (tertiary/aromatic N) is 1. The first-order valence-electron chi connectivity index (χ1n) is 5.44. The van der Waals surface area contributed by atoms with Crippen molar-refractivity contribution in [3.63, 3.8) is 0 Å². The van der Waals surface area contributed by atoms with E-state index in [1.54, 1.807) is 12.2 Å². The van der Waals surface area contributed by atoms with E-state index in [4.69, 9.17) is 5.11 Å². The quantitative estimate of drug-likeness (QED) is 0.678. The third-order valence-corrected chi connectivity index (χ3v) is 2.72. The van der Waals surface area contributed by atoms with Gasteiger partial charge >= 0.3 is 5.97 Å². The number of carbonyl (C=O) groups is 2. The number of nitrogens with one attached hydrogen (secondary N) is 1. The lowest BCUT2D eigenvalue weighted by molar-refractivity contribution is -0.140. The molecule has 0 bridgehead atoms. The molecule has 0 aromatic carbocycles. The number of aromatic nitrogens is 1. The predicted octanol–water partition coefficient (Wildman–Crippen LogP) is 0.546. The monoisotopic (exact) mass is 248 g/mol. The fraction of sp³-hybridized carbons (Fsp3) is 0.250. The lowest BCUT2D eigenvalue weighted by Crippen LogP contribution is -2.33. The van der Waals surface area contributed by atoms with Gasteiger partial charge in [0.1, 0.15) is 5.75 Å². The molecule has 0 radical (unpaired) electrons. The Morgan fingerprint density at radius 2 is 2.17 bits per heavy atom. The van der Waals surface area contributed by atoms with Gasteiger partial charge in [0.25, 0.3) is 5.91 Å². The number of rotatable bonds is 3. The van der Waals surface area contributed by atoms with Crippen LogP contribution in [0.4, 0.5) is 0 Å². The van der Waals surface area contributed by atoms with E-state index in [1.807, 2.05) is 0 Å². The zero-order chi connectivity index (χ0) is 13.1. The Morgan fingerprint density at radius 3 is 2.78 bits per heavy atom. The van der Waals surface area contributed by atoms with Gasteiger partial charge in [0.2, 0.25) is 0 Å². The van der Waals surface area contributed by atoms with Gasteiger partial charge in [-0.2, -0.15) is 0 Å². The van der Waals surface area contributed by atoms with Crippen molar-refractivity contribution in [3.8, 4) is 5.75 Å². The molecule has 1 aliphatic carbocycles. The van der Waals surface area contributed by atoms with Gasteiger partial charge in [-0.05, 0) is 18.6 Å². The Morgan fingerprint density at radius 1 is 1.39 bits per heavy atom. The van der Waals surface area contributed by atoms with E-state index < -0.39 is 17.8 Å². The fourth-order valence-corrected chi connectivity index (χ4v) is 1.80. The van der Waals surface area contributed by atoms with E-state index in [0.29, 0.717) is 6.42 Å². The van der Waals surface area contributed by atoms with Crippen LogP contribution in [0.3, 0.4) is 0 Å². The van der Waals surface area contributed by atoms with Gasteiger partial charge in [0, 0.05) is 12.2 Å². The van der Waals surface area contributed by atoms with Crippen LogP contribution in [-0.4, -0.2) is 33.1 Å². The third kappa shape index (κ3) is 2.48. The number of pyridine rings is 1. The van der Waals surface area contributed by atoms with Crippen LogP contribution in [0.2, 0.25) is 0 Å². The smallest absolute Gasteiger partial charge is 0.310 e. The Kier molecular flexibility index (Phi) is 3.27. The summed E-state index contributed by atoms with van der Waals surface area (Å²) in [5, 5.41) is 20.9. The molecule has 2 unspecified atom stereocenters. The van der Waals surface area contributed by atoms with E-state index in [1.165, 1.54) is 18.3 Å². The SMILES string of the molecule is O=C(NC1C=CC(C(=O)O)C1)c1ncccc1O. The summed E-state index contributed by atoms with van der Waals surface area (Å²) < 4.78 is 0. The number of aliphatic carboxylic acids is 1. The van der Waals surface area contributed by atoms with Crippen molar-refractivity contribution in [2.45, 2.75) is 12.5 Å². The van der Waals surface area contributed by atoms with Crippen LogP contribution < -0.4 is 5.32 Å². The van der Waals surface area contributed by atoms with Crippen molar-refractivity contribution in [3.05, 3.63) is 36.2 Å². The molecule has 3 N–H and O–H groups in total. The van der Waals surface area contributed by atoms with Gasteiger partial charge in [-0.3, -0.25) is 9.59 Å². The van der Waals surface area contributed by atoms with Gasteiger partial charge in [0.05, 0.1) is 5.92 Å². The van der Waals surface area contributed by atoms with Crippen molar-refractivity contribution in [1.29, 1.82) is 0 Å². The summed E-state index contributed by atoms with van der Waals surface area (Å²) in [5.41, 5.74) is -0.0651. The molecule has 94 valence electrons. The van der Waals surface area contributed by atoms with Gasteiger partial charge in [-0.25, -0.2) is 4.98 Å². The Balaban J connectivity index is 2.00. The van der Waals surface area contributed by atoms with E-state index in [0.717, 1.165) is 0 Å². The van der Waals surface area contributed by atoms with Crippen LogP contribution in [0, 0.1) is 5.92 Å². The van der Waals surface area contributed by atoms with Crippen molar-refractivity contribution in [2.24, 2.45) is 5.92 Å². The number of amides is 1. The molecule has 0 saturated heterocycles. The minimum Gasteiger partial charge on any atom is -0.505 e. The van der Waals surface area contributed by atoms with Crippen molar-refractivity contribution in [1.82, 2.24) is 10.3 Å². The van der Waals surface area contributed by atoms with Crippen molar-refractivity contribution < 1.29 is 19.8 Å². The lowest BCUT2D eigenvalue weighted by atomic mass is 10.1. The molecule has 0 aliphatic heterocycles. The van der Waals surface area contributed by atoms with Crippen LogP contribution in [0.5, 0.6) is 5.75 Å². The molecule has 6 heteroatoms. The molecular weight excluding hydrogens is 236 g/mol. The Labute approximate surface area is 103 Å². The highest BCUT2D eigenvalue weighted by molar-refractivity contribution is 5.95. The van der Waals surface area contributed by atoms with Crippen LogP contribution >= 0.6 is 0 Å². The summed E-state index contributed by atoms with van der Waals surface area (Å²) in [6, 6.07) is 2.54. The van der Waals surface area contributed by atoms with E-state index in [-0.39, 0.29) is 17.5 Å². The molecule has 1 amide bonds. The van der Waals surface area contributed by atoms with Gasteiger partial charge in [-0.1, -0.05) is 12.2 Å².